The summed E-state index contributed by atoms with van der Waals surface area (Å²) in [6.45, 7) is 5.63. The van der Waals surface area contributed by atoms with Crippen LogP contribution in [0, 0.1) is 6.92 Å². The molecule has 2 saturated heterocycles. The number of hydrogen-bond donors (Lipinski definition) is 2. The first-order valence-electron chi connectivity index (χ1n) is 18.3. The van der Waals surface area contributed by atoms with E-state index in [9.17, 15) is 37.2 Å². The van der Waals surface area contributed by atoms with Crippen LogP contribution in [0.25, 0.3) is 10.9 Å². The van der Waals surface area contributed by atoms with E-state index in [0.717, 1.165) is 11.1 Å². The Labute approximate surface area is 330 Å². The fraction of sp³-hybridized carbons (Fsp3) is 0.244. The van der Waals surface area contributed by atoms with Crippen molar-refractivity contribution in [2.75, 3.05) is 19.6 Å². The topological polar surface area (TPSA) is 170 Å². The van der Waals surface area contributed by atoms with Gasteiger partial charge >= 0.3 is 7.82 Å². The monoisotopic (exact) mass is 811 g/mol. The molecule has 0 unspecified atom stereocenters. The Hall–Kier alpha value is -5.57. The van der Waals surface area contributed by atoms with Gasteiger partial charge in [-0.1, -0.05) is 84.4 Å². The predicted octanol–water partition coefficient (Wildman–Crippen LogP) is 4.64. The Kier molecular flexibility index (Phi) is 11.2. The lowest BCUT2D eigenvalue weighted by molar-refractivity contribution is -0.205. The number of carbonyl (C=O) groups is 3. The molecule has 296 valence electrons. The van der Waals surface area contributed by atoms with Gasteiger partial charge in [0.1, 0.15) is 18.0 Å². The third-order valence-corrected chi connectivity index (χ3v) is 12.3. The number of aromatic nitrogens is 1. The van der Waals surface area contributed by atoms with Crippen LogP contribution in [0.3, 0.4) is 0 Å². The second-order valence-corrected chi connectivity index (χ2v) is 17.1. The van der Waals surface area contributed by atoms with Gasteiger partial charge in [-0.2, -0.15) is 0 Å². The highest BCUT2D eigenvalue weighted by Gasteiger charge is 2.51. The molecule has 3 heterocycles. The quantitative estimate of drug-likeness (QED) is 0.126. The second kappa shape index (κ2) is 16.1. The Bertz CT molecular complexity index is 2470. The standard InChI is InChI=1S/C41H42N5O9PS/c1-3-23-43-28-39(48)45-36(25-31-14-17-34(18-15-31)55-56(50,51)52)41(49)42(27-37(45)46(43)38(47)21-16-30-8-5-4-6-9-30)26-33-11-7-10-32-22-24-44(40(32)33)57(53,54)35-19-12-29(2)13-20-35/h3-15,17-20,22,24,36-37H,1,16,21,23,25-28H2,2H3,(H2,50,51,52)/t36-,37-/m0/s1. The number of phosphoric ester groups is 1. The molecule has 16 heteroatoms. The molecule has 2 N–H and O–H groups in total. The van der Waals surface area contributed by atoms with Crippen LogP contribution in [-0.2, 0) is 48.4 Å². The predicted molar refractivity (Wildman–Crippen MR) is 212 cm³/mol. The number of benzene rings is 4. The van der Waals surface area contributed by atoms with E-state index in [0.29, 0.717) is 28.5 Å². The summed E-state index contributed by atoms with van der Waals surface area (Å²) in [6.07, 6.45) is 2.75. The van der Waals surface area contributed by atoms with Crippen molar-refractivity contribution >= 4 is 46.5 Å². The van der Waals surface area contributed by atoms with E-state index in [4.69, 9.17) is 4.52 Å². The molecule has 2 aliphatic rings. The van der Waals surface area contributed by atoms with E-state index in [1.807, 2.05) is 37.3 Å². The molecule has 14 nitrogen and oxygen atoms in total. The average Bonchev–Trinajstić information content (AvgIpc) is 3.63. The third-order valence-electron chi connectivity index (χ3n) is 10.2. The number of piperazine rings is 1. The maximum Gasteiger partial charge on any atom is 0.524 e. The molecular formula is C41H42N5O9PS. The van der Waals surface area contributed by atoms with Crippen LogP contribution in [0.15, 0.2) is 127 Å². The number of amides is 3. The summed E-state index contributed by atoms with van der Waals surface area (Å²) >= 11 is 0. The normalized spacial score (nSPS) is 17.8. The van der Waals surface area contributed by atoms with Crippen molar-refractivity contribution in [3.8, 4) is 5.75 Å². The van der Waals surface area contributed by atoms with E-state index in [-0.39, 0.29) is 61.5 Å². The van der Waals surface area contributed by atoms with E-state index in [1.165, 1.54) is 27.2 Å². The number of para-hydroxylation sites is 1. The van der Waals surface area contributed by atoms with Crippen LogP contribution in [-0.4, -0.2) is 91.6 Å². The van der Waals surface area contributed by atoms with Gasteiger partial charge < -0.3 is 14.3 Å². The lowest BCUT2D eigenvalue weighted by atomic mass is 9.97. The Morgan fingerprint density at radius 1 is 0.930 bits per heavy atom. The van der Waals surface area contributed by atoms with Gasteiger partial charge in [-0.3, -0.25) is 24.2 Å². The lowest BCUT2D eigenvalue weighted by Gasteiger charge is -2.55. The van der Waals surface area contributed by atoms with Crippen LogP contribution in [0.2, 0.25) is 0 Å². The van der Waals surface area contributed by atoms with Crippen molar-refractivity contribution in [1.29, 1.82) is 0 Å². The minimum Gasteiger partial charge on any atom is -0.404 e. The molecule has 0 saturated carbocycles. The second-order valence-electron chi connectivity index (χ2n) is 14.1. The molecule has 4 aromatic carbocycles. The number of hydrogen-bond acceptors (Lipinski definition) is 8. The van der Waals surface area contributed by atoms with Crippen molar-refractivity contribution < 1.29 is 41.7 Å². The van der Waals surface area contributed by atoms with E-state index in [2.05, 4.69) is 6.58 Å². The number of carbonyl (C=O) groups excluding carboxylic acids is 3. The van der Waals surface area contributed by atoms with Crippen LogP contribution in [0.5, 0.6) is 5.75 Å². The third kappa shape index (κ3) is 8.43. The SMILES string of the molecule is C=CCN1CC(=O)N2[C@@H](Cc3ccc(OP(=O)(O)O)cc3)C(=O)N(Cc3cccc4ccn(S(=O)(=O)c5ccc(C)cc5)c34)C[C@@H]2N1C(=O)CCc1ccccc1. The van der Waals surface area contributed by atoms with Gasteiger partial charge in [0.15, 0.2) is 0 Å². The van der Waals surface area contributed by atoms with Crippen molar-refractivity contribution in [3.63, 3.8) is 0 Å². The number of phosphoric acid groups is 1. The molecule has 0 bridgehead atoms. The van der Waals surface area contributed by atoms with Gasteiger partial charge in [-0.05, 0) is 60.4 Å². The summed E-state index contributed by atoms with van der Waals surface area (Å²) in [6, 6.07) is 27.9. The minimum absolute atomic E-state index is 0.00362. The molecule has 2 aliphatic heterocycles. The number of rotatable bonds is 13. The molecule has 0 radical (unpaired) electrons. The zero-order chi connectivity index (χ0) is 40.5. The summed E-state index contributed by atoms with van der Waals surface area (Å²) in [5, 5.41) is 3.84. The fourth-order valence-electron chi connectivity index (χ4n) is 7.56. The van der Waals surface area contributed by atoms with Gasteiger partial charge in [-0.25, -0.2) is 27.0 Å². The molecule has 7 rings (SSSR count). The Morgan fingerprint density at radius 2 is 1.65 bits per heavy atom. The maximum atomic E-state index is 14.7. The van der Waals surface area contributed by atoms with Crippen LogP contribution in [0.1, 0.15) is 28.7 Å². The molecule has 2 fully saturated rings. The molecule has 3 amide bonds. The highest BCUT2D eigenvalue weighted by Crippen LogP contribution is 2.38. The molecule has 0 aliphatic carbocycles. The number of fused-ring (bicyclic) bond motifs is 2. The summed E-state index contributed by atoms with van der Waals surface area (Å²) in [5.41, 5.74) is 3.38. The van der Waals surface area contributed by atoms with E-state index < -0.39 is 36.0 Å². The van der Waals surface area contributed by atoms with Crippen molar-refractivity contribution in [1.82, 2.24) is 23.8 Å². The van der Waals surface area contributed by atoms with Gasteiger partial charge in [0.25, 0.3) is 10.0 Å². The molecule has 57 heavy (non-hydrogen) atoms. The Morgan fingerprint density at radius 3 is 2.33 bits per heavy atom. The highest BCUT2D eigenvalue weighted by molar-refractivity contribution is 7.90. The van der Waals surface area contributed by atoms with Gasteiger partial charge in [-0.15, -0.1) is 6.58 Å². The molecule has 0 spiro atoms. The van der Waals surface area contributed by atoms with Crippen molar-refractivity contribution in [2.24, 2.45) is 0 Å². The fourth-order valence-corrected chi connectivity index (χ4v) is 9.34. The molecule has 2 atom stereocenters. The maximum absolute atomic E-state index is 14.7. The average molecular weight is 812 g/mol. The molecule has 5 aromatic rings. The van der Waals surface area contributed by atoms with Crippen LogP contribution >= 0.6 is 7.82 Å². The Balaban J connectivity index is 1.28. The first-order valence-corrected chi connectivity index (χ1v) is 21.3. The van der Waals surface area contributed by atoms with Crippen molar-refractivity contribution in [3.05, 3.63) is 144 Å². The molecular weight excluding hydrogens is 770 g/mol. The lowest BCUT2D eigenvalue weighted by Crippen LogP contribution is -2.75. The van der Waals surface area contributed by atoms with Gasteiger partial charge in [0.05, 0.1) is 23.5 Å². The van der Waals surface area contributed by atoms with Gasteiger partial charge in [0.2, 0.25) is 17.7 Å². The van der Waals surface area contributed by atoms with Crippen LogP contribution < -0.4 is 4.52 Å². The molecule has 1 aromatic heterocycles. The first kappa shape index (κ1) is 39.7. The van der Waals surface area contributed by atoms with Crippen molar-refractivity contribution in [2.45, 2.75) is 49.8 Å². The number of nitrogens with zero attached hydrogens (tertiary/aromatic N) is 5. The highest BCUT2D eigenvalue weighted by atomic mass is 32.2. The summed E-state index contributed by atoms with van der Waals surface area (Å²) in [7, 11) is -8.86. The zero-order valence-corrected chi connectivity index (χ0v) is 32.8. The smallest absolute Gasteiger partial charge is 0.404 e. The van der Waals surface area contributed by atoms with Gasteiger partial charge in [0, 0.05) is 37.5 Å². The summed E-state index contributed by atoms with van der Waals surface area (Å²) in [5.74, 6) is -1.12. The first-order chi connectivity index (χ1) is 27.2. The van der Waals surface area contributed by atoms with Crippen LogP contribution in [0.4, 0.5) is 0 Å². The summed E-state index contributed by atoms with van der Waals surface area (Å²) < 4.78 is 45.4. The summed E-state index contributed by atoms with van der Waals surface area (Å²) in [4.78, 5) is 64.8. The minimum atomic E-state index is -4.82. The zero-order valence-electron chi connectivity index (χ0n) is 31.1. The number of aryl methyl sites for hydroxylation is 2. The van der Waals surface area contributed by atoms with E-state index >= 15 is 0 Å². The van der Waals surface area contributed by atoms with E-state index in [1.54, 1.807) is 81.7 Å². The largest absolute Gasteiger partial charge is 0.524 e. The number of hydrazine groups is 1.